The van der Waals surface area contributed by atoms with Crippen LogP contribution in [-0.2, 0) is 9.53 Å². The third-order valence-corrected chi connectivity index (χ3v) is 6.19. The molecule has 2 aromatic carbocycles. The topological polar surface area (TPSA) is 76.0 Å². The van der Waals surface area contributed by atoms with Crippen LogP contribution in [0.15, 0.2) is 54.6 Å². The van der Waals surface area contributed by atoms with E-state index in [0.717, 1.165) is 43.6 Å². The molecule has 2 rings (SSSR count). The van der Waals surface area contributed by atoms with Crippen LogP contribution in [0.2, 0.25) is 0 Å². The average molecular weight is 471 g/mol. The second-order valence-corrected chi connectivity index (χ2v) is 9.26. The van der Waals surface area contributed by atoms with Gasteiger partial charge in [0.05, 0.1) is 26.4 Å². The van der Waals surface area contributed by atoms with E-state index in [1.807, 2.05) is 18.2 Å². The molecule has 5 heteroatoms. The minimum absolute atomic E-state index is 0.353. The first kappa shape index (κ1) is 27.9. The molecule has 0 aliphatic rings. The van der Waals surface area contributed by atoms with Gasteiger partial charge in [-0.3, -0.25) is 4.79 Å². The fraction of sp³-hybridized carbons (Fsp3) is 0.552. The van der Waals surface area contributed by atoms with Gasteiger partial charge in [-0.1, -0.05) is 99.9 Å². The molecule has 0 bridgehead atoms. The number of ether oxygens (including phenoxy) is 2. The van der Waals surface area contributed by atoms with Crippen LogP contribution in [-0.4, -0.2) is 42.6 Å². The van der Waals surface area contributed by atoms with Crippen LogP contribution in [0.5, 0.6) is 5.75 Å². The zero-order valence-electron chi connectivity index (χ0n) is 20.7. The lowest BCUT2D eigenvalue weighted by Crippen LogP contribution is -2.37. The van der Waals surface area contributed by atoms with E-state index in [1.54, 1.807) is 0 Å². The molecular formula is C29H42O5. The lowest BCUT2D eigenvalue weighted by molar-refractivity contribution is -0.160. The molecule has 0 atom stereocenters. The molecule has 0 heterocycles. The maximum atomic E-state index is 11.8. The molecule has 0 saturated carbocycles. The largest absolute Gasteiger partial charge is 0.493 e. The Labute approximate surface area is 205 Å². The molecule has 0 saturated heterocycles. The molecular weight excluding hydrogens is 428 g/mol. The third kappa shape index (κ3) is 9.86. The van der Waals surface area contributed by atoms with Crippen molar-refractivity contribution in [1.82, 2.24) is 0 Å². The van der Waals surface area contributed by atoms with Gasteiger partial charge in [-0.05, 0) is 31.4 Å². The van der Waals surface area contributed by atoms with E-state index in [1.165, 1.54) is 51.0 Å². The number of esters is 1. The van der Waals surface area contributed by atoms with Crippen molar-refractivity contribution in [1.29, 1.82) is 0 Å². The Kier molecular flexibility index (Phi) is 13.4. The van der Waals surface area contributed by atoms with Crippen LogP contribution < -0.4 is 4.74 Å². The van der Waals surface area contributed by atoms with Crippen molar-refractivity contribution in [2.45, 2.75) is 71.1 Å². The van der Waals surface area contributed by atoms with Gasteiger partial charge in [0, 0.05) is 5.56 Å². The molecule has 0 aliphatic heterocycles. The summed E-state index contributed by atoms with van der Waals surface area (Å²) in [5.74, 6) is 0.433. The van der Waals surface area contributed by atoms with Gasteiger partial charge < -0.3 is 19.7 Å². The van der Waals surface area contributed by atoms with Crippen molar-refractivity contribution in [3.05, 3.63) is 54.6 Å². The smallest absolute Gasteiger partial charge is 0.316 e. The Balaban J connectivity index is 1.43. The van der Waals surface area contributed by atoms with Gasteiger partial charge in [-0.25, -0.2) is 0 Å². The van der Waals surface area contributed by atoms with Crippen LogP contribution >= 0.6 is 0 Å². The SMILES string of the molecule is CC(CO)(CO)C(=O)OCCCCCCCCCCCCOc1ccccc1-c1ccccc1. The summed E-state index contributed by atoms with van der Waals surface area (Å²) in [4.78, 5) is 11.8. The minimum atomic E-state index is -1.20. The van der Waals surface area contributed by atoms with Crippen LogP contribution in [0.25, 0.3) is 11.1 Å². The van der Waals surface area contributed by atoms with Crippen LogP contribution in [0.1, 0.15) is 71.1 Å². The van der Waals surface area contributed by atoms with Crippen molar-refractivity contribution >= 4 is 5.97 Å². The first-order chi connectivity index (χ1) is 16.6. The molecule has 0 aliphatic carbocycles. The summed E-state index contributed by atoms with van der Waals surface area (Å²) in [6.45, 7) is 1.80. The lowest BCUT2D eigenvalue weighted by atomic mass is 9.93. The standard InChI is InChI=1S/C29H42O5/c1-29(23-30,24-31)28(32)34-22-16-9-7-5-3-2-4-6-8-15-21-33-27-20-14-13-19-26(27)25-17-11-10-12-18-25/h10-14,17-20,30-31H,2-9,15-16,21-24H2,1H3. The predicted molar refractivity (Wildman–Crippen MR) is 137 cm³/mol. The Morgan fingerprint density at radius 1 is 0.706 bits per heavy atom. The average Bonchev–Trinajstić information content (AvgIpc) is 2.89. The first-order valence-electron chi connectivity index (χ1n) is 12.8. The lowest BCUT2D eigenvalue weighted by Gasteiger charge is -2.22. The molecule has 0 fully saturated rings. The van der Waals surface area contributed by atoms with Crippen molar-refractivity contribution in [2.75, 3.05) is 26.4 Å². The highest BCUT2D eigenvalue weighted by atomic mass is 16.5. The fourth-order valence-electron chi connectivity index (χ4n) is 3.77. The molecule has 34 heavy (non-hydrogen) atoms. The van der Waals surface area contributed by atoms with Gasteiger partial charge in [-0.15, -0.1) is 0 Å². The quantitative estimate of drug-likeness (QED) is 0.201. The maximum absolute atomic E-state index is 11.8. The second-order valence-electron chi connectivity index (χ2n) is 9.26. The Morgan fingerprint density at radius 3 is 1.79 bits per heavy atom. The third-order valence-electron chi connectivity index (χ3n) is 6.19. The van der Waals surface area contributed by atoms with E-state index in [0.29, 0.717) is 6.61 Å². The number of aliphatic hydroxyl groups excluding tert-OH is 2. The van der Waals surface area contributed by atoms with E-state index < -0.39 is 24.6 Å². The molecule has 2 aromatic rings. The van der Waals surface area contributed by atoms with Crippen molar-refractivity contribution < 1.29 is 24.5 Å². The van der Waals surface area contributed by atoms with Gasteiger partial charge in [0.1, 0.15) is 11.2 Å². The summed E-state index contributed by atoms with van der Waals surface area (Å²) < 4.78 is 11.2. The van der Waals surface area contributed by atoms with E-state index in [9.17, 15) is 15.0 Å². The Hall–Kier alpha value is -2.37. The maximum Gasteiger partial charge on any atom is 0.316 e. The Morgan fingerprint density at radius 2 is 1.21 bits per heavy atom. The van der Waals surface area contributed by atoms with Crippen molar-refractivity contribution in [3.8, 4) is 16.9 Å². The van der Waals surface area contributed by atoms with Crippen LogP contribution in [0, 0.1) is 5.41 Å². The molecule has 0 radical (unpaired) electrons. The minimum Gasteiger partial charge on any atom is -0.493 e. The summed E-state index contributed by atoms with van der Waals surface area (Å²) in [5, 5.41) is 18.4. The zero-order chi connectivity index (χ0) is 24.5. The van der Waals surface area contributed by atoms with Crippen molar-refractivity contribution in [3.63, 3.8) is 0 Å². The molecule has 0 amide bonds. The molecule has 0 spiro atoms. The molecule has 2 N–H and O–H groups in total. The summed E-state index contributed by atoms with van der Waals surface area (Å²) in [7, 11) is 0. The Bertz CT molecular complexity index is 801. The van der Waals surface area contributed by atoms with Crippen LogP contribution in [0.4, 0.5) is 0 Å². The summed E-state index contributed by atoms with van der Waals surface area (Å²) in [5.41, 5.74) is 1.14. The van der Waals surface area contributed by atoms with Crippen LogP contribution in [0.3, 0.4) is 0 Å². The van der Waals surface area contributed by atoms with Crippen molar-refractivity contribution in [2.24, 2.45) is 5.41 Å². The number of benzene rings is 2. The predicted octanol–water partition coefficient (Wildman–Crippen LogP) is 6.17. The molecule has 188 valence electrons. The number of carbonyl (C=O) groups excluding carboxylic acids is 1. The normalized spacial score (nSPS) is 11.4. The highest BCUT2D eigenvalue weighted by Crippen LogP contribution is 2.29. The molecule has 0 unspecified atom stereocenters. The number of hydrogen-bond acceptors (Lipinski definition) is 5. The van der Waals surface area contributed by atoms with Gasteiger partial charge in [-0.2, -0.15) is 0 Å². The summed E-state index contributed by atoms with van der Waals surface area (Å²) in [6, 6.07) is 18.6. The number of carbonyl (C=O) groups is 1. The number of rotatable bonds is 18. The number of hydrogen-bond donors (Lipinski definition) is 2. The van der Waals surface area contributed by atoms with E-state index in [2.05, 4.69) is 36.4 Å². The van der Waals surface area contributed by atoms with E-state index in [-0.39, 0.29) is 0 Å². The summed E-state index contributed by atoms with van der Waals surface area (Å²) >= 11 is 0. The van der Waals surface area contributed by atoms with E-state index in [4.69, 9.17) is 9.47 Å². The van der Waals surface area contributed by atoms with E-state index >= 15 is 0 Å². The van der Waals surface area contributed by atoms with Gasteiger partial charge in [0.2, 0.25) is 0 Å². The van der Waals surface area contributed by atoms with Gasteiger partial charge >= 0.3 is 5.97 Å². The van der Waals surface area contributed by atoms with Gasteiger partial charge in [0.25, 0.3) is 0 Å². The number of unbranched alkanes of at least 4 members (excludes halogenated alkanes) is 9. The fourth-order valence-corrected chi connectivity index (χ4v) is 3.77. The number of aliphatic hydroxyl groups is 2. The first-order valence-corrected chi connectivity index (χ1v) is 12.8. The zero-order valence-corrected chi connectivity index (χ0v) is 20.7. The molecule has 5 nitrogen and oxygen atoms in total. The highest BCUT2D eigenvalue weighted by molar-refractivity contribution is 5.76. The van der Waals surface area contributed by atoms with Gasteiger partial charge in [0.15, 0.2) is 0 Å². The monoisotopic (exact) mass is 470 g/mol. The highest BCUT2D eigenvalue weighted by Gasteiger charge is 2.33. The number of para-hydroxylation sites is 1. The summed E-state index contributed by atoms with van der Waals surface area (Å²) in [6.07, 6.45) is 11.5. The second kappa shape index (κ2) is 16.3. The molecule has 0 aromatic heterocycles.